The third kappa shape index (κ3) is 7.42. The lowest BCUT2D eigenvalue weighted by Gasteiger charge is -2.32. The molecule has 2 heterocycles. The monoisotopic (exact) mass is 522 g/mol. The van der Waals surface area contributed by atoms with E-state index in [0.29, 0.717) is 35.3 Å². The van der Waals surface area contributed by atoms with Crippen LogP contribution < -0.4 is 26.6 Å². The first-order valence-corrected chi connectivity index (χ1v) is 11.9. The van der Waals surface area contributed by atoms with E-state index in [1.165, 1.54) is 11.3 Å². The number of hydrogen-bond acceptors (Lipinski definition) is 9. The van der Waals surface area contributed by atoms with Crippen LogP contribution in [0.5, 0.6) is 5.75 Å². The Morgan fingerprint density at radius 3 is 2.81 bits per heavy atom. The summed E-state index contributed by atoms with van der Waals surface area (Å²) in [7, 11) is 1.70. The van der Waals surface area contributed by atoms with Crippen LogP contribution in [0.3, 0.4) is 0 Å². The van der Waals surface area contributed by atoms with Crippen LogP contribution in [-0.2, 0) is 0 Å². The van der Waals surface area contributed by atoms with Gasteiger partial charge in [-0.1, -0.05) is 11.6 Å². The fourth-order valence-electron chi connectivity index (χ4n) is 3.45. The number of nitrogens with one attached hydrogen (secondary N) is 1. The second kappa shape index (κ2) is 12.7. The predicted octanol–water partition coefficient (Wildman–Crippen LogP) is 2.96. The third-order valence-corrected chi connectivity index (χ3v) is 6.06. The van der Waals surface area contributed by atoms with E-state index in [0.717, 1.165) is 29.9 Å². The third-order valence-electron chi connectivity index (χ3n) is 5.75. The minimum atomic E-state index is -0.519. The van der Waals surface area contributed by atoms with Crippen LogP contribution in [-0.4, -0.2) is 61.2 Å². The first-order valence-electron chi connectivity index (χ1n) is 11.5. The summed E-state index contributed by atoms with van der Waals surface area (Å²) in [6.45, 7) is 5.50. The van der Waals surface area contributed by atoms with Crippen molar-refractivity contribution in [3.8, 4) is 11.8 Å². The van der Waals surface area contributed by atoms with Gasteiger partial charge in [0.1, 0.15) is 24.8 Å². The number of aliphatic imine (C=N–C) groups is 2. The minimum Gasteiger partial charge on any atom is -0.489 e. The van der Waals surface area contributed by atoms with E-state index in [2.05, 4.69) is 36.4 Å². The van der Waals surface area contributed by atoms with Crippen molar-refractivity contribution in [2.24, 2.45) is 26.8 Å². The lowest BCUT2D eigenvalue weighted by atomic mass is 10.0. The molecule has 0 aliphatic carbocycles. The summed E-state index contributed by atoms with van der Waals surface area (Å²) < 4.78 is 5.82. The number of rotatable bonds is 10. The van der Waals surface area contributed by atoms with Crippen molar-refractivity contribution in [2.75, 3.05) is 31.6 Å². The molecule has 194 valence electrons. The zero-order chi connectivity index (χ0) is 26.8. The Kier molecular flexibility index (Phi) is 9.43. The molecule has 1 aliphatic rings. The first-order chi connectivity index (χ1) is 17.8. The van der Waals surface area contributed by atoms with Gasteiger partial charge in [0.15, 0.2) is 5.82 Å². The number of hydrazone groups is 1. The second-order valence-corrected chi connectivity index (χ2v) is 9.27. The molecule has 3 rings (SSSR count). The van der Waals surface area contributed by atoms with Crippen molar-refractivity contribution >= 4 is 42.0 Å². The molecule has 1 aromatic heterocycles. The Balaban J connectivity index is 1.69. The summed E-state index contributed by atoms with van der Waals surface area (Å²) in [5, 5.41) is 17.7. The second-order valence-electron chi connectivity index (χ2n) is 8.87. The van der Waals surface area contributed by atoms with Crippen LogP contribution in [0.25, 0.3) is 0 Å². The molecule has 1 aromatic carbocycles. The number of nitriles is 1. The number of aromatic nitrogens is 1. The lowest BCUT2D eigenvalue weighted by molar-refractivity contribution is 0.131. The molecule has 0 atom stereocenters. The molecule has 0 spiro atoms. The summed E-state index contributed by atoms with van der Waals surface area (Å²) >= 11 is 6.24. The molecule has 11 nitrogen and oxygen atoms in total. The van der Waals surface area contributed by atoms with Gasteiger partial charge in [0.05, 0.1) is 35.2 Å². The van der Waals surface area contributed by atoms with Crippen molar-refractivity contribution in [3.05, 3.63) is 58.4 Å². The number of pyridine rings is 1. The summed E-state index contributed by atoms with van der Waals surface area (Å²) in [6.07, 6.45) is 7.17. The smallest absolute Gasteiger partial charge is 0.152 e. The van der Waals surface area contributed by atoms with E-state index < -0.39 is 5.54 Å². The number of anilines is 1. The number of benzene rings is 1. The molecule has 0 bridgehead atoms. The van der Waals surface area contributed by atoms with E-state index in [1.807, 2.05) is 38.3 Å². The average Bonchev–Trinajstić information content (AvgIpc) is 2.90. The van der Waals surface area contributed by atoms with Crippen LogP contribution in [0.2, 0.25) is 5.02 Å². The van der Waals surface area contributed by atoms with Gasteiger partial charge in [0.25, 0.3) is 0 Å². The SMILES string of the molecule is CN=CNC1=C(C=Nc2ccc(OCC(C)(C)N(N)/C=N\N)cn2)CCN(c2ccc(C#N)c(Cl)c2)C1. The quantitative estimate of drug-likeness (QED) is 0.186. The lowest BCUT2D eigenvalue weighted by Crippen LogP contribution is -2.51. The van der Waals surface area contributed by atoms with Crippen molar-refractivity contribution in [1.82, 2.24) is 15.3 Å². The molecule has 37 heavy (non-hydrogen) atoms. The number of nitrogens with two attached hydrogens (primary N) is 2. The van der Waals surface area contributed by atoms with Crippen molar-refractivity contribution < 1.29 is 4.74 Å². The van der Waals surface area contributed by atoms with Crippen LogP contribution in [0.1, 0.15) is 25.8 Å². The maximum atomic E-state index is 9.14. The Morgan fingerprint density at radius 1 is 1.35 bits per heavy atom. The molecule has 2 aromatic rings. The molecular formula is C25H31ClN10O. The van der Waals surface area contributed by atoms with Gasteiger partial charge in [-0.05, 0) is 56.2 Å². The molecule has 12 heteroatoms. The zero-order valence-corrected chi connectivity index (χ0v) is 21.9. The predicted molar refractivity (Wildman–Crippen MR) is 148 cm³/mol. The molecule has 0 radical (unpaired) electrons. The Morgan fingerprint density at radius 2 is 2.16 bits per heavy atom. The van der Waals surface area contributed by atoms with E-state index in [4.69, 9.17) is 33.3 Å². The van der Waals surface area contributed by atoms with Crippen molar-refractivity contribution in [1.29, 1.82) is 5.26 Å². The zero-order valence-electron chi connectivity index (χ0n) is 21.1. The van der Waals surface area contributed by atoms with Gasteiger partial charge in [-0.15, -0.1) is 0 Å². The standard InChI is InChI=1S/C25H31ClN10O/c1-25(2,36(29)17-34-28)15-37-21-6-7-24(32-13-21)31-12-19-8-9-35(14-23(19)33-16-30-3)20-5-4-18(11-27)22(26)10-20/h4-7,10,12-13,16-17H,8-9,14-15,28-29H2,1-3H3,(H,30,33)/b31-12?,34-17-. The Hall–Kier alpha value is -4.14. The number of halogens is 1. The summed E-state index contributed by atoms with van der Waals surface area (Å²) in [5.74, 6) is 12.2. The van der Waals surface area contributed by atoms with Gasteiger partial charge < -0.3 is 20.8 Å². The largest absolute Gasteiger partial charge is 0.489 e. The highest BCUT2D eigenvalue weighted by Gasteiger charge is 2.24. The van der Waals surface area contributed by atoms with Crippen molar-refractivity contribution in [2.45, 2.75) is 25.8 Å². The van der Waals surface area contributed by atoms with Crippen molar-refractivity contribution in [3.63, 3.8) is 0 Å². The summed E-state index contributed by atoms with van der Waals surface area (Å²) in [6, 6.07) is 11.1. The number of hydrogen-bond donors (Lipinski definition) is 3. The van der Waals surface area contributed by atoms with Gasteiger partial charge in [-0.3, -0.25) is 10.0 Å². The van der Waals surface area contributed by atoms with Crippen LogP contribution in [0.15, 0.2) is 62.9 Å². The molecule has 0 saturated carbocycles. The highest BCUT2D eigenvalue weighted by molar-refractivity contribution is 6.32. The van der Waals surface area contributed by atoms with Gasteiger partial charge >= 0.3 is 0 Å². The van der Waals surface area contributed by atoms with Gasteiger partial charge in [0.2, 0.25) is 0 Å². The number of ether oxygens (including phenoxy) is 1. The van der Waals surface area contributed by atoms with E-state index in [-0.39, 0.29) is 0 Å². The van der Waals surface area contributed by atoms with Gasteiger partial charge in [-0.2, -0.15) is 10.4 Å². The molecule has 0 unspecified atom stereocenters. The van der Waals surface area contributed by atoms with Crippen LogP contribution in [0, 0.1) is 11.3 Å². The molecule has 0 fully saturated rings. The fraction of sp³-hybridized carbons (Fsp3) is 0.320. The molecule has 0 amide bonds. The first kappa shape index (κ1) is 27.4. The number of nitrogens with zero attached hydrogens (tertiary/aromatic N) is 7. The Labute approximate surface area is 221 Å². The van der Waals surface area contributed by atoms with E-state index in [9.17, 15) is 0 Å². The van der Waals surface area contributed by atoms with E-state index in [1.54, 1.807) is 31.7 Å². The van der Waals surface area contributed by atoms with Gasteiger partial charge in [0, 0.05) is 31.2 Å². The molecule has 0 saturated heterocycles. The summed E-state index contributed by atoms with van der Waals surface area (Å²) in [5.41, 5.74) is 2.90. The van der Waals surface area contributed by atoms with Crippen LogP contribution in [0.4, 0.5) is 11.5 Å². The van der Waals surface area contributed by atoms with Gasteiger partial charge in [-0.25, -0.2) is 15.8 Å². The fourth-order valence-corrected chi connectivity index (χ4v) is 3.67. The maximum Gasteiger partial charge on any atom is 0.152 e. The Bertz CT molecular complexity index is 1230. The van der Waals surface area contributed by atoms with Crippen LogP contribution >= 0.6 is 11.6 Å². The molecule has 1 aliphatic heterocycles. The molecular weight excluding hydrogens is 492 g/mol. The highest BCUT2D eigenvalue weighted by Crippen LogP contribution is 2.27. The molecule has 5 N–H and O–H groups in total. The topological polar surface area (TPSA) is 154 Å². The number of hydrazine groups is 1. The maximum absolute atomic E-state index is 9.14. The highest BCUT2D eigenvalue weighted by atomic mass is 35.5. The minimum absolute atomic E-state index is 0.307. The average molecular weight is 523 g/mol. The normalized spacial score (nSPS) is 14.5. The summed E-state index contributed by atoms with van der Waals surface area (Å²) in [4.78, 5) is 15.2. The van der Waals surface area contributed by atoms with E-state index >= 15 is 0 Å².